The number of hydrogen-bond acceptors (Lipinski definition) is 7. The molecule has 4 unspecified atom stereocenters. The van der Waals surface area contributed by atoms with E-state index in [9.17, 15) is 9.90 Å². The van der Waals surface area contributed by atoms with Crippen LogP contribution in [0.15, 0.2) is 24.3 Å². The molecule has 3 aliphatic rings. The van der Waals surface area contributed by atoms with Crippen LogP contribution in [0.2, 0.25) is 0 Å². The SMILES string of the molecule is CC(C)C1c2[nH]nc(NC(O)c3nc4ccccc4s3)c2CN1C(=O)N1CC2CCCN2CC1C. The average Bonchev–Trinajstić information content (AvgIpc) is 3.60. The number of thiazole rings is 1. The van der Waals surface area contributed by atoms with Crippen LogP contribution in [0.25, 0.3) is 10.2 Å². The predicted molar refractivity (Wildman–Crippen MR) is 136 cm³/mol. The lowest BCUT2D eigenvalue weighted by atomic mass is 10.0. The number of rotatable bonds is 4. The maximum absolute atomic E-state index is 13.9. The van der Waals surface area contributed by atoms with Crippen molar-refractivity contribution in [2.75, 3.05) is 25.0 Å². The van der Waals surface area contributed by atoms with E-state index in [4.69, 9.17) is 0 Å². The number of anilines is 1. The van der Waals surface area contributed by atoms with Crippen molar-refractivity contribution in [3.05, 3.63) is 40.5 Å². The molecular weight excluding hydrogens is 462 g/mol. The summed E-state index contributed by atoms with van der Waals surface area (Å²) in [5.41, 5.74) is 2.78. The summed E-state index contributed by atoms with van der Waals surface area (Å²) >= 11 is 1.46. The number of aliphatic hydroxyl groups excluding tert-OH is 1. The third-order valence-electron chi connectivity index (χ3n) is 7.74. The van der Waals surface area contributed by atoms with E-state index in [1.165, 1.54) is 24.2 Å². The van der Waals surface area contributed by atoms with Crippen LogP contribution in [0.1, 0.15) is 62.1 Å². The number of nitrogens with zero attached hydrogens (tertiary/aromatic N) is 5. The van der Waals surface area contributed by atoms with Gasteiger partial charge < -0.3 is 20.2 Å². The minimum absolute atomic E-state index is 0.0750. The summed E-state index contributed by atoms with van der Waals surface area (Å²) in [6.07, 6.45) is 1.42. The molecule has 5 heterocycles. The molecule has 2 fully saturated rings. The second-order valence-corrected chi connectivity index (χ2v) is 11.5. The van der Waals surface area contributed by atoms with Crippen LogP contribution in [0.4, 0.5) is 10.6 Å². The van der Waals surface area contributed by atoms with E-state index in [1.54, 1.807) is 0 Å². The Kier molecular flexibility index (Phi) is 5.69. The molecule has 6 rings (SSSR count). The summed E-state index contributed by atoms with van der Waals surface area (Å²) in [5, 5.41) is 22.3. The normalized spacial score (nSPS) is 25.3. The molecule has 1 aromatic carbocycles. The van der Waals surface area contributed by atoms with E-state index in [-0.39, 0.29) is 24.0 Å². The van der Waals surface area contributed by atoms with Gasteiger partial charge in [-0.2, -0.15) is 5.10 Å². The molecule has 0 saturated carbocycles. The summed E-state index contributed by atoms with van der Waals surface area (Å²) in [7, 11) is 0. The number of para-hydroxylation sites is 1. The third kappa shape index (κ3) is 3.88. The number of hydrogen-bond donors (Lipinski definition) is 3. The molecule has 0 radical (unpaired) electrons. The molecule has 3 aliphatic heterocycles. The van der Waals surface area contributed by atoms with E-state index in [2.05, 4.69) is 51.1 Å². The smallest absolute Gasteiger partial charge is 0.321 e. The fraction of sp³-hybridized carbons (Fsp3) is 0.560. The number of aromatic amines is 1. The van der Waals surface area contributed by atoms with Gasteiger partial charge in [-0.15, -0.1) is 11.3 Å². The van der Waals surface area contributed by atoms with Crippen LogP contribution >= 0.6 is 11.3 Å². The molecule has 4 atom stereocenters. The lowest BCUT2D eigenvalue weighted by Crippen LogP contribution is -2.59. The Labute approximate surface area is 209 Å². The van der Waals surface area contributed by atoms with Crippen molar-refractivity contribution < 1.29 is 9.90 Å². The fourth-order valence-corrected chi connectivity index (χ4v) is 6.93. The van der Waals surface area contributed by atoms with Gasteiger partial charge in [-0.1, -0.05) is 26.0 Å². The van der Waals surface area contributed by atoms with E-state index >= 15 is 0 Å². The fourth-order valence-electron chi connectivity index (χ4n) is 6.02. The molecule has 35 heavy (non-hydrogen) atoms. The molecule has 0 aliphatic carbocycles. The second-order valence-electron chi connectivity index (χ2n) is 10.4. The molecule has 9 nitrogen and oxygen atoms in total. The Hall–Kier alpha value is -2.69. The van der Waals surface area contributed by atoms with Crippen LogP contribution in [0, 0.1) is 5.92 Å². The summed E-state index contributed by atoms with van der Waals surface area (Å²) in [6.45, 7) is 9.82. The molecule has 10 heteroatoms. The van der Waals surface area contributed by atoms with Gasteiger partial charge in [0.15, 0.2) is 12.0 Å². The number of fused-ring (bicyclic) bond motifs is 3. The number of carbonyl (C=O) groups excluding carboxylic acids is 1. The van der Waals surface area contributed by atoms with Gasteiger partial charge in [0.1, 0.15) is 5.01 Å². The lowest BCUT2D eigenvalue weighted by molar-refractivity contribution is 0.0524. The highest BCUT2D eigenvalue weighted by molar-refractivity contribution is 7.18. The predicted octanol–water partition coefficient (Wildman–Crippen LogP) is 3.92. The second kappa shape index (κ2) is 8.76. The van der Waals surface area contributed by atoms with Crippen molar-refractivity contribution in [1.82, 2.24) is 29.9 Å². The zero-order valence-electron chi connectivity index (χ0n) is 20.4. The lowest BCUT2D eigenvalue weighted by Gasteiger charge is -2.44. The van der Waals surface area contributed by atoms with Gasteiger partial charge in [0, 0.05) is 30.7 Å². The van der Waals surface area contributed by atoms with Gasteiger partial charge in [-0.05, 0) is 44.4 Å². The molecule has 3 aromatic rings. The minimum Gasteiger partial charge on any atom is -0.367 e. The number of piperazine rings is 1. The number of carbonyl (C=O) groups is 1. The van der Waals surface area contributed by atoms with Crippen molar-refractivity contribution >= 4 is 33.4 Å². The molecule has 0 spiro atoms. The van der Waals surface area contributed by atoms with Crippen molar-refractivity contribution in [3.63, 3.8) is 0 Å². The van der Waals surface area contributed by atoms with E-state index in [1.807, 2.05) is 29.2 Å². The van der Waals surface area contributed by atoms with E-state index in [0.29, 0.717) is 23.4 Å². The average molecular weight is 496 g/mol. The molecule has 3 N–H and O–H groups in total. The first kappa shape index (κ1) is 22.8. The minimum atomic E-state index is -0.975. The number of benzene rings is 1. The van der Waals surface area contributed by atoms with Crippen LogP contribution in [-0.2, 0) is 6.54 Å². The monoisotopic (exact) mass is 495 g/mol. The maximum Gasteiger partial charge on any atom is 0.321 e. The van der Waals surface area contributed by atoms with Crippen LogP contribution < -0.4 is 5.32 Å². The quantitative estimate of drug-likeness (QED) is 0.475. The number of aromatic nitrogens is 3. The Morgan fingerprint density at radius 2 is 2.09 bits per heavy atom. The topological polar surface area (TPSA) is 101 Å². The van der Waals surface area contributed by atoms with Gasteiger partial charge >= 0.3 is 6.03 Å². The zero-order chi connectivity index (χ0) is 24.3. The molecule has 2 amide bonds. The summed E-state index contributed by atoms with van der Waals surface area (Å²) in [5.74, 6) is 0.812. The molecule has 0 bridgehead atoms. The number of nitrogens with one attached hydrogen (secondary N) is 2. The van der Waals surface area contributed by atoms with Gasteiger partial charge in [0.2, 0.25) is 0 Å². The Morgan fingerprint density at radius 3 is 2.89 bits per heavy atom. The molecule has 2 aromatic heterocycles. The van der Waals surface area contributed by atoms with Crippen molar-refractivity contribution in [2.24, 2.45) is 5.92 Å². The first-order chi connectivity index (χ1) is 16.9. The third-order valence-corrected chi connectivity index (χ3v) is 8.83. The molecule has 2 saturated heterocycles. The molecular formula is C25H33N7O2S. The summed E-state index contributed by atoms with van der Waals surface area (Å²) in [6, 6.07) is 8.55. The first-order valence-corrected chi connectivity index (χ1v) is 13.4. The van der Waals surface area contributed by atoms with Gasteiger partial charge in [0.05, 0.1) is 28.5 Å². The highest BCUT2D eigenvalue weighted by atomic mass is 32.1. The molecule has 186 valence electrons. The van der Waals surface area contributed by atoms with E-state index in [0.717, 1.165) is 41.1 Å². The Bertz CT molecular complexity index is 1210. The van der Waals surface area contributed by atoms with Crippen LogP contribution in [-0.4, -0.2) is 72.7 Å². The van der Waals surface area contributed by atoms with Crippen molar-refractivity contribution in [3.8, 4) is 0 Å². The summed E-state index contributed by atoms with van der Waals surface area (Å²) in [4.78, 5) is 25.0. The Morgan fingerprint density at radius 1 is 1.26 bits per heavy atom. The van der Waals surface area contributed by atoms with E-state index < -0.39 is 6.23 Å². The Balaban J connectivity index is 1.23. The standard InChI is InChI=1S/C25H33N7O2S/c1-14(2)21-20-17(13-32(21)25(34)31-12-16-7-6-10-30(16)11-15(31)3)22(29-28-20)27-23(33)24-26-18-8-4-5-9-19(18)35-24/h4-5,8-9,14-16,21,23,33H,6-7,10-13H2,1-3H3,(H2,27,28,29). The number of aliphatic hydroxyl groups is 1. The van der Waals surface area contributed by atoms with Crippen molar-refractivity contribution in [2.45, 2.75) is 64.5 Å². The number of urea groups is 1. The highest BCUT2D eigenvalue weighted by Gasteiger charge is 2.44. The number of amides is 2. The van der Waals surface area contributed by atoms with Crippen LogP contribution in [0.3, 0.4) is 0 Å². The van der Waals surface area contributed by atoms with Gasteiger partial charge in [0.25, 0.3) is 0 Å². The highest BCUT2D eigenvalue weighted by Crippen LogP contribution is 2.42. The largest absolute Gasteiger partial charge is 0.367 e. The first-order valence-electron chi connectivity index (χ1n) is 12.6. The van der Waals surface area contributed by atoms with Gasteiger partial charge in [-0.25, -0.2) is 9.78 Å². The number of H-pyrrole nitrogens is 1. The van der Waals surface area contributed by atoms with Crippen molar-refractivity contribution in [1.29, 1.82) is 0 Å². The maximum atomic E-state index is 13.9. The summed E-state index contributed by atoms with van der Waals surface area (Å²) < 4.78 is 1.03. The zero-order valence-corrected chi connectivity index (χ0v) is 21.3. The van der Waals surface area contributed by atoms with Crippen LogP contribution in [0.5, 0.6) is 0 Å². The van der Waals surface area contributed by atoms with Gasteiger partial charge in [-0.3, -0.25) is 10.00 Å².